The maximum atomic E-state index is 12.2. The Morgan fingerprint density at radius 3 is 2.79 bits per heavy atom. The van der Waals surface area contributed by atoms with Crippen LogP contribution in [0.5, 0.6) is 11.5 Å². The normalized spacial score (nSPS) is 20.4. The molecule has 0 aliphatic carbocycles. The maximum absolute atomic E-state index is 12.2. The van der Waals surface area contributed by atoms with E-state index < -0.39 is 11.4 Å². The molecule has 0 unspecified atom stereocenters. The van der Waals surface area contributed by atoms with Crippen molar-refractivity contribution in [2.45, 2.75) is 38.0 Å². The molecule has 2 atom stereocenters. The maximum Gasteiger partial charge on any atom is 0.136 e. The van der Waals surface area contributed by atoms with Gasteiger partial charge < -0.3 is 14.0 Å². The summed E-state index contributed by atoms with van der Waals surface area (Å²) in [7, 11) is 1.64. The summed E-state index contributed by atoms with van der Waals surface area (Å²) in [4.78, 5) is 0. The van der Waals surface area contributed by atoms with Gasteiger partial charge in [-0.3, -0.25) is 0 Å². The fourth-order valence-corrected chi connectivity index (χ4v) is 2.78. The van der Waals surface area contributed by atoms with Crippen molar-refractivity contribution in [2.75, 3.05) is 13.7 Å². The average Bonchev–Trinajstić information content (AvgIpc) is 2.37. The Hall–Kier alpha value is -0.910. The minimum atomic E-state index is -1.10. The summed E-state index contributed by atoms with van der Waals surface area (Å²) >= 11 is -1.10. The van der Waals surface area contributed by atoms with Crippen LogP contribution in [0.2, 0.25) is 0 Å². The molecule has 0 radical (unpaired) electrons. The number of nitrogens with one attached hydrogen (secondary N) is 1. The fraction of sp³-hybridized carbons (Fsp3) is 0.571. The summed E-state index contributed by atoms with van der Waals surface area (Å²) in [5.74, 6) is 1.63. The highest BCUT2D eigenvalue weighted by atomic mass is 32.2. The van der Waals surface area contributed by atoms with Crippen molar-refractivity contribution in [3.63, 3.8) is 0 Å². The topological polar surface area (TPSA) is 53.5 Å². The van der Waals surface area contributed by atoms with Gasteiger partial charge in [0, 0.05) is 23.3 Å². The highest BCUT2D eigenvalue weighted by Gasteiger charge is 2.32. The standard InChI is InChI=1S/C14H21NO3S/c1-14(2,3)19(16)15-12-7-8-18-13-6-5-10(17-4)9-11(12)13/h5-6,9,12,15H,7-8H2,1-4H3/t12-,19-/m0/s1. The smallest absolute Gasteiger partial charge is 0.136 e. The lowest BCUT2D eigenvalue weighted by molar-refractivity contribution is 0.261. The van der Waals surface area contributed by atoms with Crippen LogP contribution in [0.3, 0.4) is 0 Å². The number of methoxy groups -OCH3 is 1. The van der Waals surface area contributed by atoms with Gasteiger partial charge in [0.25, 0.3) is 0 Å². The van der Waals surface area contributed by atoms with E-state index in [0.29, 0.717) is 6.61 Å². The van der Waals surface area contributed by atoms with Crippen LogP contribution >= 0.6 is 0 Å². The third kappa shape index (κ3) is 3.35. The van der Waals surface area contributed by atoms with Crippen LogP contribution in [-0.2, 0) is 11.4 Å². The lowest BCUT2D eigenvalue weighted by Crippen LogP contribution is -2.42. The summed E-state index contributed by atoms with van der Waals surface area (Å²) in [5.41, 5.74) is 1.02. The first-order chi connectivity index (χ1) is 8.91. The lowest BCUT2D eigenvalue weighted by atomic mass is 10.0. The zero-order valence-corrected chi connectivity index (χ0v) is 12.7. The summed E-state index contributed by atoms with van der Waals surface area (Å²) in [5, 5.41) is 0. The van der Waals surface area contributed by atoms with Gasteiger partial charge in [-0.15, -0.1) is 4.72 Å². The molecular weight excluding hydrogens is 262 g/mol. The number of rotatable bonds is 3. The molecule has 4 nitrogen and oxygen atoms in total. The molecule has 106 valence electrons. The highest BCUT2D eigenvalue weighted by molar-refractivity contribution is 7.90. The minimum absolute atomic E-state index is 0.0407. The van der Waals surface area contributed by atoms with Gasteiger partial charge in [0.05, 0.1) is 19.8 Å². The van der Waals surface area contributed by atoms with Gasteiger partial charge in [-0.2, -0.15) is 0 Å². The van der Waals surface area contributed by atoms with Gasteiger partial charge in [-0.25, -0.2) is 0 Å². The van der Waals surface area contributed by atoms with E-state index in [1.807, 2.05) is 39.0 Å². The van der Waals surface area contributed by atoms with Crippen LogP contribution in [0.15, 0.2) is 18.2 Å². The Kier molecular flexibility index (Phi) is 4.28. The second-order valence-corrected chi connectivity index (χ2v) is 7.59. The molecule has 0 aromatic heterocycles. The Labute approximate surface area is 117 Å². The molecule has 1 aliphatic heterocycles. The second kappa shape index (κ2) is 5.61. The molecule has 0 saturated carbocycles. The Morgan fingerprint density at radius 1 is 1.42 bits per heavy atom. The third-order valence-corrected chi connectivity index (χ3v) is 4.67. The van der Waals surface area contributed by atoms with Crippen LogP contribution in [-0.4, -0.2) is 23.0 Å². The largest absolute Gasteiger partial charge is 0.598 e. The fourth-order valence-electron chi connectivity index (χ4n) is 1.93. The first kappa shape index (κ1) is 14.5. The van der Waals surface area contributed by atoms with Crippen molar-refractivity contribution < 1.29 is 14.0 Å². The van der Waals surface area contributed by atoms with Gasteiger partial charge >= 0.3 is 0 Å². The lowest BCUT2D eigenvalue weighted by Gasteiger charge is -2.31. The molecule has 2 rings (SSSR count). The van der Waals surface area contributed by atoms with Crippen molar-refractivity contribution >= 4 is 11.4 Å². The second-order valence-electron chi connectivity index (χ2n) is 5.59. The van der Waals surface area contributed by atoms with Crippen LogP contribution < -0.4 is 14.2 Å². The molecule has 1 heterocycles. The molecule has 1 aromatic rings. The summed E-state index contributed by atoms with van der Waals surface area (Å²) in [6.07, 6.45) is 0.808. The van der Waals surface area contributed by atoms with E-state index in [1.54, 1.807) is 7.11 Å². The molecule has 5 heteroatoms. The zero-order chi connectivity index (χ0) is 14.0. The predicted octanol–water partition coefficient (Wildman–Crippen LogP) is 2.57. The van der Waals surface area contributed by atoms with E-state index in [4.69, 9.17) is 9.47 Å². The third-order valence-electron chi connectivity index (χ3n) is 3.06. The van der Waals surface area contributed by atoms with Crippen molar-refractivity contribution in [3.8, 4) is 11.5 Å². The average molecular weight is 283 g/mol. The first-order valence-electron chi connectivity index (χ1n) is 6.40. The molecule has 0 spiro atoms. The number of hydrogen-bond acceptors (Lipinski definition) is 4. The summed E-state index contributed by atoms with van der Waals surface area (Å²) in [6.45, 7) is 6.52. The Bertz CT molecular complexity index is 445. The van der Waals surface area contributed by atoms with Gasteiger partial charge in [-0.1, -0.05) is 0 Å². The number of fused-ring (bicyclic) bond motifs is 1. The first-order valence-corrected chi connectivity index (χ1v) is 7.55. The predicted molar refractivity (Wildman–Crippen MR) is 76.9 cm³/mol. The summed E-state index contributed by atoms with van der Waals surface area (Å²) in [6, 6.07) is 5.77. The monoisotopic (exact) mass is 283 g/mol. The number of benzene rings is 1. The number of ether oxygens (including phenoxy) is 2. The van der Waals surface area contributed by atoms with Crippen LogP contribution in [0.4, 0.5) is 0 Å². The van der Waals surface area contributed by atoms with Crippen molar-refractivity contribution in [2.24, 2.45) is 0 Å². The molecule has 19 heavy (non-hydrogen) atoms. The molecule has 1 N–H and O–H groups in total. The Morgan fingerprint density at radius 2 is 2.16 bits per heavy atom. The van der Waals surface area contributed by atoms with E-state index in [1.165, 1.54) is 0 Å². The molecule has 0 bridgehead atoms. The van der Waals surface area contributed by atoms with Crippen molar-refractivity contribution in [3.05, 3.63) is 23.8 Å². The van der Waals surface area contributed by atoms with E-state index in [-0.39, 0.29) is 10.8 Å². The van der Waals surface area contributed by atoms with Crippen molar-refractivity contribution in [1.29, 1.82) is 0 Å². The molecule has 0 saturated heterocycles. The van der Waals surface area contributed by atoms with Gasteiger partial charge in [0.1, 0.15) is 16.2 Å². The molecule has 1 aliphatic rings. The molecule has 1 aromatic carbocycles. The SMILES string of the molecule is COc1ccc2c(c1)[C@@H](N[S@@+]([O-])C(C)(C)C)CCO2. The van der Waals surface area contributed by atoms with Gasteiger partial charge in [0.15, 0.2) is 0 Å². The van der Waals surface area contributed by atoms with E-state index in [0.717, 1.165) is 23.5 Å². The van der Waals surface area contributed by atoms with E-state index >= 15 is 0 Å². The van der Waals surface area contributed by atoms with Crippen molar-refractivity contribution in [1.82, 2.24) is 4.72 Å². The highest BCUT2D eigenvalue weighted by Crippen LogP contribution is 2.35. The van der Waals surface area contributed by atoms with Gasteiger partial charge in [-0.05, 0) is 39.0 Å². The molecule has 0 fully saturated rings. The molecular formula is C14H21NO3S. The van der Waals surface area contributed by atoms with Crippen LogP contribution in [0.1, 0.15) is 38.8 Å². The zero-order valence-electron chi connectivity index (χ0n) is 11.9. The quantitative estimate of drug-likeness (QED) is 0.866. The van der Waals surface area contributed by atoms with Gasteiger partial charge in [0.2, 0.25) is 0 Å². The van der Waals surface area contributed by atoms with Crippen LogP contribution in [0.25, 0.3) is 0 Å². The summed E-state index contributed by atoms with van der Waals surface area (Å²) < 4.78 is 26.0. The Balaban J connectivity index is 2.21. The molecule has 0 amide bonds. The minimum Gasteiger partial charge on any atom is -0.598 e. The van der Waals surface area contributed by atoms with E-state index in [9.17, 15) is 4.55 Å². The van der Waals surface area contributed by atoms with E-state index in [2.05, 4.69) is 4.72 Å². The number of hydrogen-bond donors (Lipinski definition) is 1. The van der Waals surface area contributed by atoms with Crippen LogP contribution in [0, 0.1) is 0 Å².